The molecule has 0 spiro atoms. The number of nitrogens with zero attached hydrogens (tertiary/aromatic N) is 2. The lowest BCUT2D eigenvalue weighted by Crippen LogP contribution is -2.39. The molecule has 1 aromatic heterocycles. The average molecular weight is 349 g/mol. The van der Waals surface area contributed by atoms with E-state index in [4.69, 9.17) is 4.42 Å². The summed E-state index contributed by atoms with van der Waals surface area (Å²) in [5.41, 5.74) is 3.23. The predicted octanol–water partition coefficient (Wildman–Crippen LogP) is 2.64. The van der Waals surface area contributed by atoms with Gasteiger partial charge in [0.25, 0.3) is 0 Å². The minimum absolute atomic E-state index is 0.0530. The summed E-state index contributed by atoms with van der Waals surface area (Å²) in [7, 11) is 1.74. The van der Waals surface area contributed by atoms with E-state index in [0.29, 0.717) is 18.9 Å². The van der Waals surface area contributed by atoms with E-state index >= 15 is 0 Å². The van der Waals surface area contributed by atoms with Crippen molar-refractivity contribution in [2.24, 2.45) is 0 Å². The molecular formula is C20H19N3O3. The number of carbonyl (C=O) groups excluding carboxylic acids is 2. The number of oxazole rings is 1. The van der Waals surface area contributed by atoms with Gasteiger partial charge in [0.05, 0.1) is 5.92 Å². The maximum Gasteiger partial charge on any atom is 0.228 e. The molecule has 1 unspecified atom stereocenters. The second-order valence-electron chi connectivity index (χ2n) is 6.38. The van der Waals surface area contributed by atoms with Crippen molar-refractivity contribution in [1.82, 2.24) is 10.3 Å². The Balaban J connectivity index is 1.43. The number of hydrogen-bond donors (Lipinski definition) is 1. The summed E-state index contributed by atoms with van der Waals surface area (Å²) in [5, 5.41) is 2.91. The molecule has 4 rings (SSSR count). The van der Waals surface area contributed by atoms with Gasteiger partial charge in [-0.3, -0.25) is 9.59 Å². The Bertz CT molecular complexity index is 946. The Hall–Kier alpha value is -3.15. The van der Waals surface area contributed by atoms with E-state index in [1.54, 1.807) is 11.9 Å². The second-order valence-corrected chi connectivity index (χ2v) is 6.38. The van der Waals surface area contributed by atoms with E-state index in [-0.39, 0.29) is 18.2 Å². The van der Waals surface area contributed by atoms with Crippen LogP contribution in [0.1, 0.15) is 23.8 Å². The molecular weight excluding hydrogens is 330 g/mol. The van der Waals surface area contributed by atoms with E-state index in [1.807, 2.05) is 48.5 Å². The van der Waals surface area contributed by atoms with Gasteiger partial charge in [-0.25, -0.2) is 4.98 Å². The molecule has 26 heavy (non-hydrogen) atoms. The van der Waals surface area contributed by atoms with E-state index in [1.165, 1.54) is 0 Å². The molecule has 2 heterocycles. The first-order chi connectivity index (χ1) is 12.6. The molecule has 1 aliphatic rings. The summed E-state index contributed by atoms with van der Waals surface area (Å²) in [6.45, 7) is 0.411. The van der Waals surface area contributed by atoms with Gasteiger partial charge in [-0.2, -0.15) is 0 Å². The monoisotopic (exact) mass is 349 g/mol. The van der Waals surface area contributed by atoms with E-state index in [9.17, 15) is 9.59 Å². The van der Waals surface area contributed by atoms with Gasteiger partial charge in [-0.15, -0.1) is 0 Å². The number of para-hydroxylation sites is 3. The smallest absolute Gasteiger partial charge is 0.228 e. The molecule has 2 aromatic carbocycles. The van der Waals surface area contributed by atoms with Crippen LogP contribution < -0.4 is 10.2 Å². The highest BCUT2D eigenvalue weighted by Gasteiger charge is 2.33. The molecule has 0 fully saturated rings. The molecule has 3 aromatic rings. The first kappa shape index (κ1) is 16.3. The van der Waals surface area contributed by atoms with Crippen LogP contribution in [0.2, 0.25) is 0 Å². The number of fused-ring (bicyclic) bond motifs is 2. The number of benzene rings is 2. The van der Waals surface area contributed by atoms with Crippen LogP contribution in [-0.4, -0.2) is 30.4 Å². The zero-order valence-corrected chi connectivity index (χ0v) is 14.4. The predicted molar refractivity (Wildman–Crippen MR) is 97.9 cm³/mol. The van der Waals surface area contributed by atoms with Gasteiger partial charge < -0.3 is 14.6 Å². The van der Waals surface area contributed by atoms with Gasteiger partial charge in [-0.1, -0.05) is 30.3 Å². The average Bonchev–Trinajstić information content (AvgIpc) is 3.07. The fraction of sp³-hybridized carbons (Fsp3) is 0.250. The van der Waals surface area contributed by atoms with Crippen molar-refractivity contribution in [2.75, 3.05) is 18.5 Å². The van der Waals surface area contributed by atoms with Crippen molar-refractivity contribution in [1.29, 1.82) is 0 Å². The van der Waals surface area contributed by atoms with Crippen molar-refractivity contribution in [3.63, 3.8) is 0 Å². The number of rotatable bonds is 4. The van der Waals surface area contributed by atoms with Crippen LogP contribution in [0.15, 0.2) is 52.9 Å². The highest BCUT2D eigenvalue weighted by molar-refractivity contribution is 6.02. The largest absolute Gasteiger partial charge is 0.441 e. The second kappa shape index (κ2) is 6.63. The minimum atomic E-state index is -0.460. The minimum Gasteiger partial charge on any atom is -0.441 e. The SMILES string of the molecule is CN1C(=O)CC(C(=O)NCCc2nc3ccccc3o2)c2ccccc21. The van der Waals surface area contributed by atoms with E-state index < -0.39 is 5.92 Å². The summed E-state index contributed by atoms with van der Waals surface area (Å²) in [6, 6.07) is 15.1. The molecule has 2 amide bonds. The Labute approximate surface area is 150 Å². The fourth-order valence-electron chi connectivity index (χ4n) is 3.32. The number of anilines is 1. The lowest BCUT2D eigenvalue weighted by atomic mass is 9.89. The molecule has 6 heteroatoms. The van der Waals surface area contributed by atoms with Gasteiger partial charge in [0, 0.05) is 32.1 Å². The molecule has 6 nitrogen and oxygen atoms in total. The first-order valence-electron chi connectivity index (χ1n) is 8.61. The Morgan fingerprint density at radius 2 is 2.00 bits per heavy atom. The van der Waals surface area contributed by atoms with Gasteiger partial charge in [0.15, 0.2) is 11.5 Å². The molecule has 0 bridgehead atoms. The van der Waals surface area contributed by atoms with Crippen LogP contribution in [0.5, 0.6) is 0 Å². The normalized spacial score (nSPS) is 16.6. The molecule has 1 aliphatic heterocycles. The Morgan fingerprint density at radius 1 is 1.23 bits per heavy atom. The highest BCUT2D eigenvalue weighted by atomic mass is 16.3. The Morgan fingerprint density at radius 3 is 2.85 bits per heavy atom. The molecule has 1 N–H and O–H groups in total. The number of aromatic nitrogens is 1. The van der Waals surface area contributed by atoms with E-state index in [0.717, 1.165) is 22.4 Å². The Kier molecular flexibility index (Phi) is 4.16. The van der Waals surface area contributed by atoms with Crippen molar-refractivity contribution in [3.8, 4) is 0 Å². The third-order valence-corrected chi connectivity index (χ3v) is 4.72. The summed E-state index contributed by atoms with van der Waals surface area (Å²) in [6.07, 6.45) is 0.685. The van der Waals surface area contributed by atoms with Gasteiger partial charge in [0.1, 0.15) is 5.52 Å². The maximum absolute atomic E-state index is 12.6. The third kappa shape index (κ3) is 2.94. The van der Waals surface area contributed by atoms with E-state index in [2.05, 4.69) is 10.3 Å². The van der Waals surface area contributed by atoms with Crippen LogP contribution in [-0.2, 0) is 16.0 Å². The molecule has 0 aliphatic carbocycles. The van der Waals surface area contributed by atoms with Crippen molar-refractivity contribution in [3.05, 3.63) is 60.0 Å². The molecule has 132 valence electrons. The lowest BCUT2D eigenvalue weighted by molar-refractivity contribution is -0.127. The molecule has 1 atom stereocenters. The van der Waals surface area contributed by atoms with Crippen LogP contribution in [0.4, 0.5) is 5.69 Å². The standard InChI is InChI=1S/C20H19N3O3/c1-23-16-8-4-2-6-13(16)14(12-19(23)24)20(25)21-11-10-18-22-15-7-3-5-9-17(15)26-18/h2-9,14H,10-12H2,1H3,(H,21,25). The maximum atomic E-state index is 12.6. The van der Waals surface area contributed by atoms with Gasteiger partial charge in [-0.05, 0) is 23.8 Å². The van der Waals surface area contributed by atoms with Gasteiger partial charge >= 0.3 is 0 Å². The quantitative estimate of drug-likeness (QED) is 0.786. The topological polar surface area (TPSA) is 75.4 Å². The molecule has 0 radical (unpaired) electrons. The zero-order valence-electron chi connectivity index (χ0n) is 14.4. The van der Waals surface area contributed by atoms with Gasteiger partial charge in [0.2, 0.25) is 11.8 Å². The van der Waals surface area contributed by atoms with Crippen molar-refractivity contribution < 1.29 is 14.0 Å². The summed E-state index contributed by atoms with van der Waals surface area (Å²) in [4.78, 5) is 30.8. The van der Waals surface area contributed by atoms with Crippen molar-refractivity contribution in [2.45, 2.75) is 18.8 Å². The van der Waals surface area contributed by atoms with Crippen LogP contribution in [0, 0.1) is 0 Å². The summed E-state index contributed by atoms with van der Waals surface area (Å²) >= 11 is 0. The fourth-order valence-corrected chi connectivity index (χ4v) is 3.32. The number of hydrogen-bond acceptors (Lipinski definition) is 4. The molecule has 0 saturated carbocycles. The summed E-state index contributed by atoms with van der Waals surface area (Å²) < 4.78 is 5.66. The van der Waals surface area contributed by atoms with Crippen molar-refractivity contribution >= 4 is 28.6 Å². The lowest BCUT2D eigenvalue weighted by Gasteiger charge is -2.30. The summed E-state index contributed by atoms with van der Waals surface area (Å²) in [5.74, 6) is -0.0669. The van der Waals surface area contributed by atoms with Crippen LogP contribution >= 0.6 is 0 Å². The third-order valence-electron chi connectivity index (χ3n) is 4.72. The number of nitrogens with one attached hydrogen (secondary N) is 1. The zero-order chi connectivity index (χ0) is 18.1. The van der Waals surface area contributed by atoms with Crippen LogP contribution in [0.25, 0.3) is 11.1 Å². The first-order valence-corrected chi connectivity index (χ1v) is 8.61. The van der Waals surface area contributed by atoms with Crippen LogP contribution in [0.3, 0.4) is 0 Å². The highest BCUT2D eigenvalue weighted by Crippen LogP contribution is 2.35. The number of carbonyl (C=O) groups is 2. The molecule has 0 saturated heterocycles. The number of amides is 2.